The molecule has 1 amide bonds. The van der Waals surface area contributed by atoms with Gasteiger partial charge in [-0.2, -0.15) is 13.2 Å². The van der Waals surface area contributed by atoms with Crippen molar-refractivity contribution in [2.24, 2.45) is 5.92 Å². The molecule has 144 valence electrons. The lowest BCUT2D eigenvalue weighted by Crippen LogP contribution is -2.29. The second-order valence-electron chi connectivity index (χ2n) is 6.92. The summed E-state index contributed by atoms with van der Waals surface area (Å²) in [4.78, 5) is 16.5. The summed E-state index contributed by atoms with van der Waals surface area (Å²) in [6, 6.07) is 10.8. The molecule has 1 N–H and O–H groups in total. The molecule has 27 heavy (non-hydrogen) atoms. The molecule has 0 bridgehead atoms. The maximum absolute atomic E-state index is 12.4. The molecule has 1 aliphatic rings. The van der Waals surface area contributed by atoms with Crippen LogP contribution in [0.15, 0.2) is 42.6 Å². The molecular formula is C20H21F3N2O2. The highest BCUT2D eigenvalue weighted by Gasteiger charge is 2.44. The number of carbonyl (C=O) groups excluding carboxylic acids is 1. The number of hydrogen-bond acceptors (Lipinski definition) is 3. The largest absolute Gasteiger partial charge is 0.483 e. The molecule has 1 aromatic carbocycles. The van der Waals surface area contributed by atoms with Crippen molar-refractivity contribution < 1.29 is 22.7 Å². The second-order valence-corrected chi connectivity index (χ2v) is 6.92. The summed E-state index contributed by atoms with van der Waals surface area (Å²) in [6.45, 7) is 2.46. The van der Waals surface area contributed by atoms with Crippen LogP contribution in [0, 0.1) is 12.8 Å². The fourth-order valence-corrected chi connectivity index (χ4v) is 3.05. The van der Waals surface area contributed by atoms with Gasteiger partial charge in [0.25, 0.3) is 0 Å². The Morgan fingerprint density at radius 1 is 1.33 bits per heavy atom. The van der Waals surface area contributed by atoms with Crippen LogP contribution in [0.4, 0.5) is 13.2 Å². The van der Waals surface area contributed by atoms with Gasteiger partial charge in [-0.3, -0.25) is 9.78 Å². The van der Waals surface area contributed by atoms with Crippen molar-refractivity contribution in [3.05, 3.63) is 59.4 Å². The van der Waals surface area contributed by atoms with Gasteiger partial charge in [0, 0.05) is 5.92 Å². The van der Waals surface area contributed by atoms with Gasteiger partial charge >= 0.3 is 6.18 Å². The van der Waals surface area contributed by atoms with E-state index in [0.717, 1.165) is 6.42 Å². The zero-order valence-electron chi connectivity index (χ0n) is 15.1. The molecule has 0 unspecified atom stereocenters. The van der Waals surface area contributed by atoms with Crippen molar-refractivity contribution in [3.63, 3.8) is 0 Å². The number of rotatable bonds is 6. The molecule has 0 aliphatic heterocycles. The summed E-state index contributed by atoms with van der Waals surface area (Å²) in [7, 11) is 0. The Hall–Kier alpha value is -2.57. The number of alkyl halides is 3. The topological polar surface area (TPSA) is 51.2 Å². The highest BCUT2D eigenvalue weighted by molar-refractivity contribution is 5.83. The lowest BCUT2D eigenvalue weighted by Gasteiger charge is -2.14. The lowest BCUT2D eigenvalue weighted by molar-refractivity contribution is -0.153. The van der Waals surface area contributed by atoms with Crippen molar-refractivity contribution in [2.75, 3.05) is 6.61 Å². The zero-order valence-corrected chi connectivity index (χ0v) is 15.1. The fraction of sp³-hybridized carbons (Fsp3) is 0.400. The smallest absolute Gasteiger partial charge is 0.422 e. The molecule has 3 rings (SSSR count). The first-order chi connectivity index (χ1) is 12.7. The third-order valence-electron chi connectivity index (χ3n) is 4.56. The molecule has 0 spiro atoms. The van der Waals surface area contributed by atoms with Gasteiger partial charge < -0.3 is 10.1 Å². The number of amides is 1. The number of ether oxygens (including phenoxy) is 1. The van der Waals surface area contributed by atoms with Crippen LogP contribution in [0.1, 0.15) is 42.1 Å². The molecule has 1 saturated carbocycles. The van der Waals surface area contributed by atoms with E-state index in [1.54, 1.807) is 13.0 Å². The Balaban J connectivity index is 1.53. The Morgan fingerprint density at radius 3 is 2.74 bits per heavy atom. The van der Waals surface area contributed by atoms with Gasteiger partial charge in [0.2, 0.25) is 5.91 Å². The standard InChI is InChI=1S/C20H21F3N2O2/c1-12-4-3-5-14(8-12)16-9-17(16)19(26)25-13(2)18-7-6-15(10-24-18)27-11-20(21,22)23/h3-8,10,13,16-17H,9,11H2,1-2H3,(H,25,26)/t13-,16-,17+/m1/s1. The van der Waals surface area contributed by atoms with Crippen LogP contribution in [0.2, 0.25) is 0 Å². The minimum absolute atomic E-state index is 0.0341. The van der Waals surface area contributed by atoms with Crippen LogP contribution in [-0.4, -0.2) is 23.7 Å². The summed E-state index contributed by atoms with van der Waals surface area (Å²) in [5, 5.41) is 2.93. The van der Waals surface area contributed by atoms with E-state index in [1.165, 1.54) is 23.4 Å². The lowest BCUT2D eigenvalue weighted by atomic mass is 10.1. The Morgan fingerprint density at radius 2 is 2.11 bits per heavy atom. The molecule has 1 heterocycles. The summed E-state index contributed by atoms with van der Waals surface area (Å²) in [6.07, 6.45) is -2.34. The minimum atomic E-state index is -4.39. The number of pyridine rings is 1. The third-order valence-corrected chi connectivity index (χ3v) is 4.56. The second kappa shape index (κ2) is 7.58. The summed E-state index contributed by atoms with van der Waals surface area (Å²) in [5.41, 5.74) is 2.91. The zero-order chi connectivity index (χ0) is 19.6. The molecule has 0 saturated heterocycles. The first kappa shape index (κ1) is 19.2. The van der Waals surface area contributed by atoms with Crippen molar-refractivity contribution in [1.29, 1.82) is 0 Å². The van der Waals surface area contributed by atoms with Crippen molar-refractivity contribution in [3.8, 4) is 5.75 Å². The van der Waals surface area contributed by atoms with Gasteiger partial charge in [-0.05, 0) is 43.9 Å². The number of carbonyl (C=O) groups is 1. The number of benzene rings is 1. The fourth-order valence-electron chi connectivity index (χ4n) is 3.05. The highest BCUT2D eigenvalue weighted by Crippen LogP contribution is 2.47. The number of hydrogen-bond donors (Lipinski definition) is 1. The van der Waals surface area contributed by atoms with E-state index < -0.39 is 12.8 Å². The Kier molecular flexibility index (Phi) is 5.39. The molecular weight excluding hydrogens is 357 g/mol. The van der Waals surface area contributed by atoms with Gasteiger partial charge in [0.1, 0.15) is 5.75 Å². The van der Waals surface area contributed by atoms with Crippen LogP contribution in [0.3, 0.4) is 0 Å². The molecule has 1 fully saturated rings. The van der Waals surface area contributed by atoms with Gasteiger partial charge in [-0.15, -0.1) is 0 Å². The molecule has 2 aromatic rings. The summed E-state index contributed by atoms with van der Waals surface area (Å²) >= 11 is 0. The van der Waals surface area contributed by atoms with Crippen molar-refractivity contribution >= 4 is 5.91 Å². The van der Waals surface area contributed by atoms with Gasteiger partial charge in [0.05, 0.1) is 17.9 Å². The molecule has 3 atom stereocenters. The maximum atomic E-state index is 12.4. The van der Waals surface area contributed by atoms with Crippen molar-refractivity contribution in [1.82, 2.24) is 10.3 Å². The van der Waals surface area contributed by atoms with E-state index in [9.17, 15) is 18.0 Å². The molecule has 7 heteroatoms. The molecule has 0 radical (unpaired) electrons. The van der Waals surface area contributed by atoms with Gasteiger partial charge in [0.15, 0.2) is 6.61 Å². The van der Waals surface area contributed by atoms with Crippen LogP contribution in [-0.2, 0) is 4.79 Å². The average molecular weight is 378 g/mol. The molecule has 1 aromatic heterocycles. The van der Waals surface area contributed by atoms with Crippen LogP contribution >= 0.6 is 0 Å². The first-order valence-electron chi connectivity index (χ1n) is 8.75. The van der Waals surface area contributed by atoms with Crippen LogP contribution in [0.25, 0.3) is 0 Å². The highest BCUT2D eigenvalue weighted by atomic mass is 19.4. The van der Waals surface area contributed by atoms with E-state index in [0.29, 0.717) is 5.69 Å². The van der Waals surface area contributed by atoms with E-state index in [1.807, 2.05) is 25.1 Å². The number of nitrogens with zero attached hydrogens (tertiary/aromatic N) is 1. The predicted molar refractivity (Wildman–Crippen MR) is 94.4 cm³/mol. The Labute approximate surface area is 155 Å². The number of aryl methyl sites for hydroxylation is 1. The number of nitrogens with one attached hydrogen (secondary N) is 1. The molecule has 1 aliphatic carbocycles. The SMILES string of the molecule is Cc1cccc([C@H]2C[C@@H]2C(=O)N[C@H](C)c2ccc(OCC(F)(F)F)cn2)c1. The molecule has 4 nitrogen and oxygen atoms in total. The Bertz CT molecular complexity index is 806. The van der Waals surface area contributed by atoms with E-state index in [2.05, 4.69) is 21.1 Å². The van der Waals surface area contributed by atoms with E-state index >= 15 is 0 Å². The monoisotopic (exact) mass is 378 g/mol. The predicted octanol–water partition coefficient (Wildman–Crippen LogP) is 4.31. The summed E-state index contributed by atoms with van der Waals surface area (Å²) < 4.78 is 41.1. The average Bonchev–Trinajstić information content (AvgIpc) is 3.41. The van der Waals surface area contributed by atoms with E-state index in [-0.39, 0.29) is 29.5 Å². The van der Waals surface area contributed by atoms with Crippen LogP contribution < -0.4 is 10.1 Å². The third kappa shape index (κ3) is 5.21. The van der Waals surface area contributed by atoms with Crippen molar-refractivity contribution in [2.45, 2.75) is 38.4 Å². The maximum Gasteiger partial charge on any atom is 0.422 e. The van der Waals surface area contributed by atoms with Gasteiger partial charge in [-0.1, -0.05) is 29.8 Å². The number of halogens is 3. The normalized spacial score (nSPS) is 20.0. The quantitative estimate of drug-likeness (QED) is 0.815. The van der Waals surface area contributed by atoms with Gasteiger partial charge in [-0.25, -0.2) is 0 Å². The minimum Gasteiger partial charge on any atom is -0.483 e. The van der Waals surface area contributed by atoms with E-state index in [4.69, 9.17) is 0 Å². The first-order valence-corrected chi connectivity index (χ1v) is 8.75. The number of aromatic nitrogens is 1. The summed E-state index contributed by atoms with van der Waals surface area (Å²) in [5.74, 6) is 0.191. The van der Waals surface area contributed by atoms with Crippen LogP contribution in [0.5, 0.6) is 5.75 Å².